The summed E-state index contributed by atoms with van der Waals surface area (Å²) in [7, 11) is 2.12. The highest BCUT2D eigenvalue weighted by Crippen LogP contribution is 2.21. The van der Waals surface area contributed by atoms with Gasteiger partial charge in [0.15, 0.2) is 0 Å². The standard InChI is InChI=1S/C13H19N3O2/c1-10-13(15-9-17)6-12(7-14-10)18-8-11-4-3-5-16(11)2/h6-7,9,11H,3-5,8H2,1-2H3,(H,15,17)/t11-/m0/s1. The fourth-order valence-electron chi connectivity index (χ4n) is 2.18. The van der Waals surface area contributed by atoms with Crippen LogP contribution in [0.5, 0.6) is 5.75 Å². The predicted molar refractivity (Wildman–Crippen MR) is 69.8 cm³/mol. The first-order valence-corrected chi connectivity index (χ1v) is 6.20. The van der Waals surface area contributed by atoms with E-state index in [2.05, 4.69) is 22.2 Å². The fourth-order valence-corrected chi connectivity index (χ4v) is 2.18. The van der Waals surface area contributed by atoms with E-state index in [4.69, 9.17) is 4.74 Å². The minimum Gasteiger partial charge on any atom is -0.490 e. The third-order valence-electron chi connectivity index (χ3n) is 3.39. The lowest BCUT2D eigenvalue weighted by atomic mass is 10.2. The number of likely N-dealkylation sites (N-methyl/N-ethyl adjacent to an activating group) is 1. The number of aryl methyl sites for hydroxylation is 1. The van der Waals surface area contributed by atoms with Crippen molar-refractivity contribution < 1.29 is 9.53 Å². The number of likely N-dealkylation sites (tertiary alicyclic amines) is 1. The molecule has 1 amide bonds. The highest BCUT2D eigenvalue weighted by atomic mass is 16.5. The lowest BCUT2D eigenvalue weighted by Crippen LogP contribution is -2.30. The Morgan fingerprint density at radius 2 is 2.50 bits per heavy atom. The highest BCUT2D eigenvalue weighted by Gasteiger charge is 2.21. The van der Waals surface area contributed by atoms with E-state index >= 15 is 0 Å². The van der Waals surface area contributed by atoms with Crippen molar-refractivity contribution in [2.45, 2.75) is 25.8 Å². The maximum absolute atomic E-state index is 10.5. The van der Waals surface area contributed by atoms with Crippen molar-refractivity contribution in [2.24, 2.45) is 0 Å². The Balaban J connectivity index is 1.96. The van der Waals surface area contributed by atoms with Crippen LogP contribution < -0.4 is 10.1 Å². The number of pyridine rings is 1. The van der Waals surface area contributed by atoms with Gasteiger partial charge < -0.3 is 15.0 Å². The molecule has 2 rings (SSSR count). The van der Waals surface area contributed by atoms with Gasteiger partial charge in [0, 0.05) is 12.1 Å². The average Bonchev–Trinajstić information content (AvgIpc) is 2.76. The quantitative estimate of drug-likeness (QED) is 0.802. The van der Waals surface area contributed by atoms with E-state index in [1.165, 1.54) is 12.8 Å². The Bertz CT molecular complexity index is 423. The van der Waals surface area contributed by atoms with Gasteiger partial charge in [-0.2, -0.15) is 0 Å². The molecule has 0 bridgehead atoms. The number of rotatable bonds is 5. The zero-order valence-corrected chi connectivity index (χ0v) is 10.8. The van der Waals surface area contributed by atoms with E-state index in [1.54, 1.807) is 6.20 Å². The topological polar surface area (TPSA) is 54.5 Å². The maximum atomic E-state index is 10.5. The number of hydrogen-bond acceptors (Lipinski definition) is 4. The SMILES string of the molecule is Cc1ncc(OC[C@@H]2CCCN2C)cc1NC=O. The van der Waals surface area contributed by atoms with Crippen molar-refractivity contribution in [1.82, 2.24) is 9.88 Å². The van der Waals surface area contributed by atoms with Gasteiger partial charge in [0.1, 0.15) is 12.4 Å². The van der Waals surface area contributed by atoms with E-state index < -0.39 is 0 Å². The number of hydrogen-bond donors (Lipinski definition) is 1. The number of nitrogens with zero attached hydrogens (tertiary/aromatic N) is 2. The number of aromatic nitrogens is 1. The minimum absolute atomic E-state index is 0.480. The number of amides is 1. The Morgan fingerprint density at radius 1 is 1.67 bits per heavy atom. The largest absolute Gasteiger partial charge is 0.490 e. The molecule has 2 heterocycles. The van der Waals surface area contributed by atoms with Crippen LogP contribution in [0.1, 0.15) is 18.5 Å². The second-order valence-electron chi connectivity index (χ2n) is 4.65. The van der Waals surface area contributed by atoms with E-state index in [0.717, 1.165) is 12.2 Å². The van der Waals surface area contributed by atoms with E-state index in [0.29, 0.717) is 30.5 Å². The smallest absolute Gasteiger partial charge is 0.211 e. The van der Waals surface area contributed by atoms with Crippen molar-refractivity contribution in [3.8, 4) is 5.75 Å². The van der Waals surface area contributed by atoms with Gasteiger partial charge in [-0.3, -0.25) is 9.78 Å². The van der Waals surface area contributed by atoms with Gasteiger partial charge in [-0.1, -0.05) is 0 Å². The summed E-state index contributed by atoms with van der Waals surface area (Å²) < 4.78 is 5.74. The molecule has 0 spiro atoms. The van der Waals surface area contributed by atoms with E-state index in [-0.39, 0.29) is 0 Å². The van der Waals surface area contributed by atoms with Crippen molar-refractivity contribution in [1.29, 1.82) is 0 Å². The van der Waals surface area contributed by atoms with Gasteiger partial charge in [0.25, 0.3) is 0 Å². The summed E-state index contributed by atoms with van der Waals surface area (Å²) in [5, 5.41) is 2.62. The normalized spacial score (nSPS) is 19.8. The van der Waals surface area contributed by atoms with Crippen LogP contribution in [-0.4, -0.2) is 42.5 Å². The van der Waals surface area contributed by atoms with Gasteiger partial charge in [-0.05, 0) is 33.4 Å². The number of carbonyl (C=O) groups is 1. The minimum atomic E-state index is 0.480. The summed E-state index contributed by atoms with van der Waals surface area (Å²) in [6, 6.07) is 2.29. The molecule has 1 fully saturated rings. The molecule has 0 unspecified atom stereocenters. The predicted octanol–water partition coefficient (Wildman–Crippen LogP) is 1.43. The highest BCUT2D eigenvalue weighted by molar-refractivity contribution is 5.73. The van der Waals surface area contributed by atoms with Crippen LogP contribution in [0.4, 0.5) is 5.69 Å². The second-order valence-corrected chi connectivity index (χ2v) is 4.65. The van der Waals surface area contributed by atoms with Crippen LogP contribution in [-0.2, 0) is 4.79 Å². The monoisotopic (exact) mass is 249 g/mol. The number of carbonyl (C=O) groups excluding carboxylic acids is 1. The molecule has 5 nitrogen and oxygen atoms in total. The lowest BCUT2D eigenvalue weighted by molar-refractivity contribution is -0.105. The molecule has 1 aliphatic rings. The Kier molecular flexibility index (Phi) is 4.15. The fraction of sp³-hybridized carbons (Fsp3) is 0.538. The molecule has 1 saturated heterocycles. The molecule has 1 aromatic heterocycles. The average molecular weight is 249 g/mol. The summed E-state index contributed by atoms with van der Waals surface area (Å²) in [5.41, 5.74) is 1.48. The molecule has 0 aliphatic carbocycles. The van der Waals surface area contributed by atoms with Gasteiger partial charge in [-0.15, -0.1) is 0 Å². The molecule has 1 N–H and O–H groups in total. The molecule has 1 aliphatic heterocycles. The van der Waals surface area contributed by atoms with Crippen LogP contribution in [0.2, 0.25) is 0 Å². The summed E-state index contributed by atoms with van der Waals surface area (Å²) in [6.45, 7) is 3.65. The Morgan fingerprint density at radius 3 is 3.17 bits per heavy atom. The molecule has 5 heteroatoms. The third kappa shape index (κ3) is 2.98. The first-order valence-electron chi connectivity index (χ1n) is 6.20. The van der Waals surface area contributed by atoms with Crippen LogP contribution in [0.3, 0.4) is 0 Å². The van der Waals surface area contributed by atoms with Crippen molar-refractivity contribution in [3.05, 3.63) is 18.0 Å². The van der Waals surface area contributed by atoms with Crippen LogP contribution >= 0.6 is 0 Å². The Labute approximate surface area is 107 Å². The third-order valence-corrected chi connectivity index (χ3v) is 3.39. The zero-order chi connectivity index (χ0) is 13.0. The molecule has 1 aromatic rings. The molecule has 18 heavy (non-hydrogen) atoms. The van der Waals surface area contributed by atoms with Crippen molar-refractivity contribution in [3.63, 3.8) is 0 Å². The summed E-state index contributed by atoms with van der Waals surface area (Å²) in [4.78, 5) is 17.0. The number of nitrogens with one attached hydrogen (secondary N) is 1. The van der Waals surface area contributed by atoms with Gasteiger partial charge >= 0.3 is 0 Å². The maximum Gasteiger partial charge on any atom is 0.211 e. The van der Waals surface area contributed by atoms with E-state index in [9.17, 15) is 4.79 Å². The molecule has 0 saturated carbocycles. The van der Waals surface area contributed by atoms with Gasteiger partial charge in [-0.25, -0.2) is 0 Å². The number of anilines is 1. The van der Waals surface area contributed by atoms with Crippen LogP contribution in [0.15, 0.2) is 12.3 Å². The van der Waals surface area contributed by atoms with Crippen LogP contribution in [0.25, 0.3) is 0 Å². The first kappa shape index (κ1) is 12.8. The van der Waals surface area contributed by atoms with Crippen LogP contribution in [0, 0.1) is 6.92 Å². The summed E-state index contributed by atoms with van der Waals surface area (Å²) >= 11 is 0. The van der Waals surface area contributed by atoms with E-state index in [1.807, 2.05) is 13.0 Å². The van der Waals surface area contributed by atoms with Crippen molar-refractivity contribution >= 4 is 12.1 Å². The van der Waals surface area contributed by atoms with Gasteiger partial charge in [0.2, 0.25) is 6.41 Å². The second kappa shape index (κ2) is 5.82. The summed E-state index contributed by atoms with van der Waals surface area (Å²) in [6.07, 6.45) is 4.75. The Hall–Kier alpha value is -1.62. The van der Waals surface area contributed by atoms with Crippen molar-refractivity contribution in [2.75, 3.05) is 25.5 Å². The molecule has 98 valence electrons. The van der Waals surface area contributed by atoms with Gasteiger partial charge in [0.05, 0.1) is 17.6 Å². The molecular weight excluding hydrogens is 230 g/mol. The lowest BCUT2D eigenvalue weighted by Gasteiger charge is -2.19. The first-order chi connectivity index (χ1) is 8.70. The summed E-state index contributed by atoms with van der Waals surface area (Å²) in [5.74, 6) is 0.699. The number of ether oxygens (including phenoxy) is 1. The molecule has 0 radical (unpaired) electrons. The zero-order valence-electron chi connectivity index (χ0n) is 10.8. The molecule has 1 atom stereocenters. The molecule has 0 aromatic carbocycles. The molecular formula is C13H19N3O2.